The highest BCUT2D eigenvalue weighted by Crippen LogP contribution is 2.37. The molecule has 0 spiro atoms. The van der Waals surface area contributed by atoms with Crippen molar-refractivity contribution >= 4 is 13.0 Å². The minimum atomic E-state index is -0.0417. The fourth-order valence-electron chi connectivity index (χ4n) is 1.43. The first-order valence-electron chi connectivity index (χ1n) is 3.95. The largest absolute Gasteiger partial charge is 0.311 e. The third-order valence-corrected chi connectivity index (χ3v) is 2.83. The minimum Gasteiger partial charge on any atom is -0.311 e. The van der Waals surface area contributed by atoms with Gasteiger partial charge in [-0.25, -0.2) is 0 Å². The molecule has 0 aromatic heterocycles. The van der Waals surface area contributed by atoms with Gasteiger partial charge in [-0.3, -0.25) is 0 Å². The molecule has 1 nitrogen and oxygen atoms in total. The molecule has 1 unspecified atom stereocenters. The van der Waals surface area contributed by atoms with Crippen molar-refractivity contribution < 1.29 is 4.79 Å². The second kappa shape index (κ2) is 2.41. The lowest BCUT2D eigenvalue weighted by Gasteiger charge is -2.27. The van der Waals surface area contributed by atoms with Gasteiger partial charge in [0.05, 0.1) is 5.68 Å². The summed E-state index contributed by atoms with van der Waals surface area (Å²) >= 11 is 0. The van der Waals surface area contributed by atoms with Crippen molar-refractivity contribution in [3.63, 3.8) is 0 Å². The summed E-state index contributed by atoms with van der Waals surface area (Å²) in [4.78, 5) is 11.3. The molecule has 1 radical (unpaired) electrons. The first-order valence-corrected chi connectivity index (χ1v) is 3.95. The van der Waals surface area contributed by atoms with Crippen LogP contribution in [0, 0.1) is 11.3 Å². The summed E-state index contributed by atoms with van der Waals surface area (Å²) < 4.78 is 0. The van der Waals surface area contributed by atoms with Crippen molar-refractivity contribution in [1.82, 2.24) is 0 Å². The van der Waals surface area contributed by atoms with Gasteiger partial charge >= 0.3 is 0 Å². The number of carbonyl (C=O) groups is 1. The normalized spacial score (nSPS) is 33.0. The molecule has 1 saturated heterocycles. The van der Waals surface area contributed by atoms with Gasteiger partial charge in [-0.1, -0.05) is 27.1 Å². The highest BCUT2D eigenvalue weighted by molar-refractivity contribution is 6.76. The van der Waals surface area contributed by atoms with E-state index in [0.29, 0.717) is 11.6 Å². The first kappa shape index (κ1) is 7.84. The van der Waals surface area contributed by atoms with Crippen LogP contribution in [0.15, 0.2) is 0 Å². The van der Waals surface area contributed by atoms with Crippen molar-refractivity contribution in [3.05, 3.63) is 0 Å². The molecular weight excluding hydrogens is 123 g/mol. The molecule has 0 saturated carbocycles. The van der Waals surface area contributed by atoms with E-state index in [1.54, 1.807) is 0 Å². The lowest BCUT2D eigenvalue weighted by Crippen LogP contribution is -2.29. The van der Waals surface area contributed by atoms with Crippen LogP contribution in [-0.4, -0.2) is 13.0 Å². The quantitative estimate of drug-likeness (QED) is 0.502. The van der Waals surface area contributed by atoms with Gasteiger partial charge in [0.15, 0.2) is 0 Å². The van der Waals surface area contributed by atoms with E-state index >= 15 is 0 Å². The predicted octanol–water partition coefficient (Wildman–Crippen LogP) is 1.70. The molecule has 0 amide bonds. The third-order valence-electron chi connectivity index (χ3n) is 2.83. The first-order chi connectivity index (χ1) is 4.57. The van der Waals surface area contributed by atoms with E-state index in [1.807, 2.05) is 7.28 Å². The Morgan fingerprint density at radius 3 is 2.40 bits per heavy atom. The molecule has 1 heterocycles. The number of hydrogen-bond donors (Lipinski definition) is 0. The van der Waals surface area contributed by atoms with Crippen molar-refractivity contribution in [1.29, 1.82) is 0 Å². The van der Waals surface area contributed by atoms with E-state index in [4.69, 9.17) is 0 Å². The zero-order valence-electron chi connectivity index (χ0n) is 6.98. The van der Waals surface area contributed by atoms with E-state index < -0.39 is 0 Å². The lowest BCUT2D eigenvalue weighted by molar-refractivity contribution is -0.121. The van der Waals surface area contributed by atoms with Crippen LogP contribution in [0.3, 0.4) is 0 Å². The fourth-order valence-corrected chi connectivity index (χ4v) is 1.43. The Kier molecular flexibility index (Phi) is 1.89. The fraction of sp³-hybridized carbons (Fsp3) is 0.875. The molecular formula is C8H14BO. The zero-order valence-corrected chi connectivity index (χ0v) is 6.98. The van der Waals surface area contributed by atoms with Crippen LogP contribution < -0.4 is 0 Å². The van der Waals surface area contributed by atoms with Gasteiger partial charge in [0, 0.05) is 5.41 Å². The summed E-state index contributed by atoms with van der Waals surface area (Å²) in [6, 6.07) is 0. The molecule has 55 valence electrons. The predicted molar refractivity (Wildman–Crippen MR) is 43.1 cm³/mol. The molecule has 0 aromatic carbocycles. The standard InChI is InChI=1S/C8H14BO/c1-6(2)8(3)4-5-9-7(8)10/h6H,4-5H2,1-3H3. The van der Waals surface area contributed by atoms with Crippen LogP contribution in [-0.2, 0) is 4.79 Å². The highest BCUT2D eigenvalue weighted by atomic mass is 16.1. The van der Waals surface area contributed by atoms with Crippen LogP contribution in [0.2, 0.25) is 6.32 Å². The monoisotopic (exact) mass is 137 g/mol. The van der Waals surface area contributed by atoms with Gasteiger partial charge in [-0.15, -0.1) is 0 Å². The molecule has 1 aliphatic rings. The molecule has 10 heavy (non-hydrogen) atoms. The molecule has 0 bridgehead atoms. The molecule has 0 aromatic rings. The molecule has 1 fully saturated rings. The Morgan fingerprint density at radius 2 is 2.20 bits per heavy atom. The van der Waals surface area contributed by atoms with E-state index in [9.17, 15) is 4.79 Å². The minimum absolute atomic E-state index is 0.0417. The summed E-state index contributed by atoms with van der Waals surface area (Å²) in [5, 5.41) is 0. The van der Waals surface area contributed by atoms with E-state index in [1.165, 1.54) is 0 Å². The second-order valence-corrected chi connectivity index (χ2v) is 3.68. The van der Waals surface area contributed by atoms with Crippen LogP contribution in [0.4, 0.5) is 0 Å². The van der Waals surface area contributed by atoms with Gasteiger partial charge in [0.2, 0.25) is 7.28 Å². The van der Waals surface area contributed by atoms with Gasteiger partial charge in [-0.05, 0) is 12.3 Å². The number of carbonyl (C=O) groups excluding carboxylic acids is 1. The maximum absolute atomic E-state index is 11.3. The Balaban J connectivity index is 2.75. The van der Waals surface area contributed by atoms with E-state index in [2.05, 4.69) is 20.8 Å². The summed E-state index contributed by atoms with van der Waals surface area (Å²) in [5.41, 5.74) is 0.308. The Hall–Kier alpha value is -0.265. The second-order valence-electron chi connectivity index (χ2n) is 3.68. The maximum atomic E-state index is 11.3. The van der Waals surface area contributed by atoms with Crippen molar-refractivity contribution in [2.75, 3.05) is 0 Å². The smallest absolute Gasteiger partial charge is 0.203 e. The van der Waals surface area contributed by atoms with Crippen LogP contribution in [0.5, 0.6) is 0 Å². The van der Waals surface area contributed by atoms with Crippen molar-refractivity contribution in [2.24, 2.45) is 11.3 Å². The van der Waals surface area contributed by atoms with Crippen LogP contribution in [0.25, 0.3) is 0 Å². The molecule has 0 N–H and O–H groups in total. The summed E-state index contributed by atoms with van der Waals surface area (Å²) in [6.07, 6.45) is 2.02. The van der Waals surface area contributed by atoms with Gasteiger partial charge in [0.25, 0.3) is 0 Å². The molecule has 2 heteroatoms. The van der Waals surface area contributed by atoms with Crippen molar-refractivity contribution in [2.45, 2.75) is 33.5 Å². The number of rotatable bonds is 1. The van der Waals surface area contributed by atoms with Gasteiger partial charge in [0.1, 0.15) is 0 Å². The average molecular weight is 137 g/mol. The summed E-state index contributed by atoms with van der Waals surface area (Å²) in [5.74, 6) is 0.485. The highest BCUT2D eigenvalue weighted by Gasteiger charge is 2.39. The summed E-state index contributed by atoms with van der Waals surface area (Å²) in [6.45, 7) is 6.32. The Morgan fingerprint density at radius 1 is 1.60 bits per heavy atom. The van der Waals surface area contributed by atoms with Gasteiger partial charge in [-0.2, -0.15) is 0 Å². The third kappa shape index (κ3) is 1.000. The molecule has 0 aliphatic carbocycles. The summed E-state index contributed by atoms with van der Waals surface area (Å²) in [7, 11) is 1.83. The Bertz CT molecular complexity index is 153. The maximum Gasteiger partial charge on any atom is 0.203 e. The average Bonchev–Trinajstić information content (AvgIpc) is 2.15. The lowest BCUT2D eigenvalue weighted by atomic mass is 9.67. The van der Waals surface area contributed by atoms with E-state index in [0.717, 1.165) is 12.7 Å². The molecule has 1 rings (SSSR count). The zero-order chi connectivity index (χ0) is 7.78. The van der Waals surface area contributed by atoms with Gasteiger partial charge < -0.3 is 4.79 Å². The topological polar surface area (TPSA) is 17.1 Å². The SMILES string of the molecule is CC(C)C1(C)CC[B]C1=O. The van der Waals surface area contributed by atoms with Crippen LogP contribution in [0.1, 0.15) is 27.2 Å². The Labute approximate surface area is 63.4 Å². The molecule has 1 aliphatic heterocycles. The van der Waals surface area contributed by atoms with Crippen molar-refractivity contribution in [3.8, 4) is 0 Å². The molecule has 1 atom stereocenters. The van der Waals surface area contributed by atoms with Crippen LogP contribution >= 0.6 is 0 Å². The number of hydrogen-bond acceptors (Lipinski definition) is 1. The van der Waals surface area contributed by atoms with E-state index in [-0.39, 0.29) is 5.41 Å².